The van der Waals surface area contributed by atoms with Gasteiger partial charge in [-0.05, 0) is 13.1 Å². The second-order valence-electron chi connectivity index (χ2n) is 4.76. The molecule has 7 nitrogen and oxygen atoms in total. The zero-order valence-electron chi connectivity index (χ0n) is 11.5. The van der Waals surface area contributed by atoms with Crippen LogP contribution in [0.1, 0.15) is 10.4 Å². The van der Waals surface area contributed by atoms with Crippen molar-refractivity contribution < 1.29 is 18.8 Å². The predicted molar refractivity (Wildman–Crippen MR) is 72.6 cm³/mol. The van der Waals surface area contributed by atoms with Crippen LogP contribution in [-0.2, 0) is 4.74 Å². The lowest BCUT2D eigenvalue weighted by atomic mass is 10.1. The standard InChI is InChI=1S/C13H16FN3O4/c1-15-7-12-8-16(2-3-21-12)13(18)9-4-10(14)6-11(5-9)17(19)20/h4-6,12,15H,2-3,7-8H2,1H3. The van der Waals surface area contributed by atoms with Crippen molar-refractivity contribution in [2.75, 3.05) is 33.3 Å². The molecule has 1 fully saturated rings. The number of nitrogens with one attached hydrogen (secondary N) is 1. The van der Waals surface area contributed by atoms with Crippen LogP contribution in [0.5, 0.6) is 0 Å². The summed E-state index contributed by atoms with van der Waals surface area (Å²) in [5.41, 5.74) is -0.454. The van der Waals surface area contributed by atoms with E-state index in [2.05, 4.69) is 5.32 Å². The SMILES string of the molecule is CNCC1CN(C(=O)c2cc(F)cc([N+](=O)[O-])c2)CCO1. The summed E-state index contributed by atoms with van der Waals surface area (Å²) in [4.78, 5) is 23.9. The van der Waals surface area contributed by atoms with Gasteiger partial charge in [0.2, 0.25) is 0 Å². The third kappa shape index (κ3) is 3.73. The fourth-order valence-corrected chi connectivity index (χ4v) is 2.24. The first kappa shape index (κ1) is 15.3. The van der Waals surface area contributed by atoms with Gasteiger partial charge in [0, 0.05) is 31.3 Å². The highest BCUT2D eigenvalue weighted by Crippen LogP contribution is 2.18. The summed E-state index contributed by atoms with van der Waals surface area (Å²) in [5.74, 6) is -1.23. The number of benzene rings is 1. The summed E-state index contributed by atoms with van der Waals surface area (Å²) in [5, 5.41) is 13.7. The number of hydrogen-bond donors (Lipinski definition) is 1. The fraction of sp³-hybridized carbons (Fsp3) is 0.462. The summed E-state index contributed by atoms with van der Waals surface area (Å²) in [6.45, 7) is 1.72. The van der Waals surface area contributed by atoms with Crippen molar-refractivity contribution in [3.05, 3.63) is 39.7 Å². The second-order valence-corrected chi connectivity index (χ2v) is 4.76. The van der Waals surface area contributed by atoms with E-state index in [1.807, 2.05) is 0 Å². The molecular formula is C13H16FN3O4. The van der Waals surface area contributed by atoms with Crippen LogP contribution in [0, 0.1) is 15.9 Å². The Balaban J connectivity index is 2.17. The molecule has 21 heavy (non-hydrogen) atoms. The minimum atomic E-state index is -0.799. The van der Waals surface area contributed by atoms with Crippen LogP contribution in [0.25, 0.3) is 0 Å². The first-order valence-corrected chi connectivity index (χ1v) is 6.51. The van der Waals surface area contributed by atoms with Crippen molar-refractivity contribution in [2.45, 2.75) is 6.10 Å². The first-order chi connectivity index (χ1) is 10.0. The average Bonchev–Trinajstić information content (AvgIpc) is 2.46. The molecule has 0 spiro atoms. The van der Waals surface area contributed by atoms with E-state index < -0.39 is 22.3 Å². The molecule has 1 N–H and O–H groups in total. The van der Waals surface area contributed by atoms with E-state index in [9.17, 15) is 19.3 Å². The van der Waals surface area contributed by atoms with Gasteiger partial charge in [0.05, 0.1) is 23.7 Å². The lowest BCUT2D eigenvalue weighted by molar-refractivity contribution is -0.385. The number of non-ortho nitro benzene ring substituents is 1. The molecule has 0 aliphatic carbocycles. The molecule has 1 aliphatic rings. The van der Waals surface area contributed by atoms with E-state index in [1.165, 1.54) is 4.90 Å². The van der Waals surface area contributed by atoms with Gasteiger partial charge in [-0.2, -0.15) is 0 Å². The molecule has 0 saturated carbocycles. The lowest BCUT2D eigenvalue weighted by Gasteiger charge is -2.33. The minimum Gasteiger partial charge on any atom is -0.373 e. The van der Waals surface area contributed by atoms with Gasteiger partial charge in [0.25, 0.3) is 11.6 Å². The Morgan fingerprint density at radius 1 is 1.57 bits per heavy atom. The molecule has 2 rings (SSSR count). The Bertz CT molecular complexity index is 550. The largest absolute Gasteiger partial charge is 0.373 e. The number of morpholine rings is 1. The normalized spacial score (nSPS) is 18.6. The van der Waals surface area contributed by atoms with E-state index in [4.69, 9.17) is 4.74 Å². The van der Waals surface area contributed by atoms with E-state index in [0.29, 0.717) is 26.2 Å². The van der Waals surface area contributed by atoms with E-state index in [1.54, 1.807) is 7.05 Å². The molecule has 1 saturated heterocycles. The molecule has 1 aromatic rings. The summed E-state index contributed by atoms with van der Waals surface area (Å²) < 4.78 is 18.9. The third-order valence-corrected chi connectivity index (χ3v) is 3.20. The van der Waals surface area contributed by atoms with Crippen molar-refractivity contribution in [1.82, 2.24) is 10.2 Å². The molecule has 8 heteroatoms. The van der Waals surface area contributed by atoms with Crippen LogP contribution in [-0.4, -0.2) is 55.1 Å². The predicted octanol–water partition coefficient (Wildman–Crippen LogP) is 0.794. The van der Waals surface area contributed by atoms with Crippen LogP contribution < -0.4 is 5.32 Å². The molecule has 1 atom stereocenters. The van der Waals surface area contributed by atoms with Crippen LogP contribution in [0.3, 0.4) is 0 Å². The number of nitro benzene ring substituents is 1. The van der Waals surface area contributed by atoms with Gasteiger partial charge < -0.3 is 15.0 Å². The molecule has 1 heterocycles. The molecule has 114 valence electrons. The van der Waals surface area contributed by atoms with Gasteiger partial charge in [-0.25, -0.2) is 4.39 Å². The Kier molecular flexibility index (Phi) is 4.81. The zero-order valence-corrected chi connectivity index (χ0v) is 11.5. The average molecular weight is 297 g/mol. The molecule has 1 unspecified atom stereocenters. The van der Waals surface area contributed by atoms with Crippen LogP contribution >= 0.6 is 0 Å². The van der Waals surface area contributed by atoms with Crippen molar-refractivity contribution in [3.63, 3.8) is 0 Å². The van der Waals surface area contributed by atoms with Gasteiger partial charge in [-0.1, -0.05) is 0 Å². The smallest absolute Gasteiger partial charge is 0.273 e. The second kappa shape index (κ2) is 6.59. The molecule has 1 aliphatic heterocycles. The van der Waals surface area contributed by atoms with Gasteiger partial charge in [-0.15, -0.1) is 0 Å². The van der Waals surface area contributed by atoms with Gasteiger partial charge in [0.1, 0.15) is 5.82 Å². The number of amides is 1. The van der Waals surface area contributed by atoms with Crippen LogP contribution in [0.15, 0.2) is 18.2 Å². The van der Waals surface area contributed by atoms with Crippen molar-refractivity contribution >= 4 is 11.6 Å². The van der Waals surface area contributed by atoms with Crippen LogP contribution in [0.4, 0.5) is 10.1 Å². The topological polar surface area (TPSA) is 84.7 Å². The number of halogens is 1. The van der Waals surface area contributed by atoms with Crippen molar-refractivity contribution in [1.29, 1.82) is 0 Å². The maximum Gasteiger partial charge on any atom is 0.273 e. The van der Waals surface area contributed by atoms with Gasteiger partial charge >= 0.3 is 0 Å². The first-order valence-electron chi connectivity index (χ1n) is 6.51. The van der Waals surface area contributed by atoms with Gasteiger partial charge in [-0.3, -0.25) is 14.9 Å². The summed E-state index contributed by atoms with van der Waals surface area (Å²) in [6, 6.07) is 2.89. The molecule has 0 radical (unpaired) electrons. The number of carbonyl (C=O) groups is 1. The van der Waals surface area contributed by atoms with Crippen LogP contribution in [0.2, 0.25) is 0 Å². The summed E-state index contributed by atoms with van der Waals surface area (Å²) in [6.07, 6.45) is -0.142. The molecule has 1 aromatic carbocycles. The highest BCUT2D eigenvalue weighted by Gasteiger charge is 2.26. The monoisotopic (exact) mass is 297 g/mol. The maximum absolute atomic E-state index is 13.4. The maximum atomic E-state index is 13.4. The molecule has 0 aromatic heterocycles. The quantitative estimate of drug-likeness (QED) is 0.656. The number of rotatable bonds is 4. The van der Waals surface area contributed by atoms with Gasteiger partial charge in [0.15, 0.2) is 0 Å². The number of nitrogens with zero attached hydrogens (tertiary/aromatic N) is 2. The highest BCUT2D eigenvalue weighted by atomic mass is 19.1. The fourth-order valence-electron chi connectivity index (χ4n) is 2.24. The third-order valence-electron chi connectivity index (χ3n) is 3.20. The zero-order chi connectivity index (χ0) is 15.4. The molecule has 1 amide bonds. The van der Waals surface area contributed by atoms with E-state index in [-0.39, 0.29) is 11.7 Å². The number of likely N-dealkylation sites (N-methyl/N-ethyl adjacent to an activating group) is 1. The van der Waals surface area contributed by atoms with E-state index >= 15 is 0 Å². The summed E-state index contributed by atoms with van der Waals surface area (Å²) >= 11 is 0. The minimum absolute atomic E-state index is 0.0215. The number of carbonyl (C=O) groups excluding carboxylic acids is 1. The van der Waals surface area contributed by atoms with E-state index in [0.717, 1.165) is 18.2 Å². The highest BCUT2D eigenvalue weighted by molar-refractivity contribution is 5.95. The molecular weight excluding hydrogens is 281 g/mol. The summed E-state index contributed by atoms with van der Waals surface area (Å²) in [7, 11) is 1.78. The van der Waals surface area contributed by atoms with Crippen molar-refractivity contribution in [3.8, 4) is 0 Å². The number of ether oxygens (including phenoxy) is 1. The lowest BCUT2D eigenvalue weighted by Crippen LogP contribution is -2.48. The molecule has 0 bridgehead atoms. The number of nitro groups is 1. The Morgan fingerprint density at radius 3 is 3.00 bits per heavy atom. The van der Waals surface area contributed by atoms with Crippen molar-refractivity contribution in [2.24, 2.45) is 0 Å². The number of hydrogen-bond acceptors (Lipinski definition) is 5. The Hall–Kier alpha value is -2.06. The Morgan fingerprint density at radius 2 is 2.33 bits per heavy atom. The Labute approximate surface area is 120 Å².